The molecule has 0 saturated carbocycles. The average molecular weight is 254 g/mol. The van der Waals surface area contributed by atoms with Crippen molar-refractivity contribution in [3.8, 4) is 0 Å². The third-order valence-electron chi connectivity index (χ3n) is 4.45. The summed E-state index contributed by atoms with van der Waals surface area (Å²) in [6.45, 7) is 3.34. The Morgan fingerprint density at radius 1 is 1.21 bits per heavy atom. The van der Waals surface area contributed by atoms with E-state index < -0.39 is 0 Å². The minimum atomic E-state index is 0.634. The van der Waals surface area contributed by atoms with Gasteiger partial charge in [-0.3, -0.25) is 0 Å². The molecule has 0 amide bonds. The Morgan fingerprint density at radius 3 is 3.11 bits per heavy atom. The molecule has 4 heteroatoms. The van der Waals surface area contributed by atoms with Crippen molar-refractivity contribution in [3.63, 3.8) is 0 Å². The number of piperidine rings is 1. The highest BCUT2D eigenvalue weighted by Gasteiger charge is 2.35. The summed E-state index contributed by atoms with van der Waals surface area (Å²) in [5, 5.41) is 14.6. The highest BCUT2D eigenvalue weighted by atomic mass is 15.3. The largest absolute Gasteiger partial charge is 0.353 e. The fourth-order valence-electron chi connectivity index (χ4n) is 3.47. The van der Waals surface area contributed by atoms with Crippen LogP contribution in [0.3, 0.4) is 0 Å². The van der Waals surface area contributed by atoms with Gasteiger partial charge in [0.15, 0.2) is 5.82 Å². The Morgan fingerprint density at radius 2 is 2.16 bits per heavy atom. The molecule has 3 heterocycles. The molecule has 4 rings (SSSR count). The van der Waals surface area contributed by atoms with Crippen LogP contribution in [0.4, 0.5) is 5.82 Å². The lowest BCUT2D eigenvalue weighted by atomic mass is 9.94. The van der Waals surface area contributed by atoms with Gasteiger partial charge in [0.05, 0.1) is 6.20 Å². The number of nitrogens with zero attached hydrogens (tertiary/aromatic N) is 3. The van der Waals surface area contributed by atoms with Crippen LogP contribution in [0.15, 0.2) is 30.5 Å². The molecule has 2 aliphatic heterocycles. The molecule has 19 heavy (non-hydrogen) atoms. The fraction of sp³-hybridized carbons (Fsp3) is 0.467. The van der Waals surface area contributed by atoms with Gasteiger partial charge in [-0.2, -0.15) is 5.10 Å². The van der Waals surface area contributed by atoms with Gasteiger partial charge in [-0.05, 0) is 25.3 Å². The zero-order valence-corrected chi connectivity index (χ0v) is 10.9. The number of fused-ring (bicyclic) bond motifs is 2. The Bertz CT molecular complexity index is 578. The minimum Gasteiger partial charge on any atom is -0.353 e. The highest BCUT2D eigenvalue weighted by molar-refractivity contribution is 5.91. The quantitative estimate of drug-likeness (QED) is 0.843. The van der Waals surface area contributed by atoms with E-state index in [1.807, 2.05) is 6.20 Å². The van der Waals surface area contributed by atoms with Gasteiger partial charge in [-0.15, -0.1) is 5.10 Å². The third-order valence-corrected chi connectivity index (χ3v) is 4.45. The number of benzene rings is 1. The van der Waals surface area contributed by atoms with E-state index in [-0.39, 0.29) is 0 Å². The van der Waals surface area contributed by atoms with Crippen LogP contribution in [0.2, 0.25) is 0 Å². The van der Waals surface area contributed by atoms with Crippen LogP contribution in [-0.4, -0.2) is 35.9 Å². The Hall–Kier alpha value is -1.68. The number of anilines is 1. The molecule has 2 aromatic rings. The Balaban J connectivity index is 1.71. The van der Waals surface area contributed by atoms with E-state index in [9.17, 15) is 0 Å². The molecule has 1 aromatic carbocycles. The summed E-state index contributed by atoms with van der Waals surface area (Å²) in [7, 11) is 0. The molecule has 2 aliphatic rings. The van der Waals surface area contributed by atoms with Crippen LogP contribution in [0, 0.1) is 5.92 Å². The first kappa shape index (κ1) is 11.2. The lowest BCUT2D eigenvalue weighted by Gasteiger charge is -2.24. The predicted octanol–water partition coefficient (Wildman–Crippen LogP) is 1.82. The van der Waals surface area contributed by atoms with Gasteiger partial charge in [0.2, 0.25) is 0 Å². The van der Waals surface area contributed by atoms with Crippen molar-refractivity contribution in [2.45, 2.75) is 18.9 Å². The van der Waals surface area contributed by atoms with Crippen LogP contribution in [-0.2, 0) is 0 Å². The van der Waals surface area contributed by atoms with Crippen molar-refractivity contribution in [2.24, 2.45) is 5.92 Å². The topological polar surface area (TPSA) is 41.0 Å². The zero-order chi connectivity index (χ0) is 12.7. The van der Waals surface area contributed by atoms with Crippen molar-refractivity contribution in [1.29, 1.82) is 0 Å². The highest BCUT2D eigenvalue weighted by Crippen LogP contribution is 2.31. The molecule has 98 valence electrons. The maximum absolute atomic E-state index is 4.39. The summed E-state index contributed by atoms with van der Waals surface area (Å²) in [6, 6.07) is 9.02. The molecule has 1 aromatic heterocycles. The summed E-state index contributed by atoms with van der Waals surface area (Å²) in [4.78, 5) is 2.41. The molecule has 2 fully saturated rings. The second-order valence-electron chi connectivity index (χ2n) is 5.62. The van der Waals surface area contributed by atoms with E-state index in [1.54, 1.807) is 0 Å². The first-order valence-corrected chi connectivity index (χ1v) is 7.10. The summed E-state index contributed by atoms with van der Waals surface area (Å²) in [5.74, 6) is 1.82. The van der Waals surface area contributed by atoms with Gasteiger partial charge in [0.25, 0.3) is 0 Å². The number of aromatic nitrogens is 2. The molecule has 0 radical (unpaired) electrons. The van der Waals surface area contributed by atoms with Crippen molar-refractivity contribution in [1.82, 2.24) is 15.5 Å². The molecule has 2 saturated heterocycles. The van der Waals surface area contributed by atoms with Gasteiger partial charge in [0, 0.05) is 29.9 Å². The summed E-state index contributed by atoms with van der Waals surface area (Å²) in [5.41, 5.74) is 0. The van der Waals surface area contributed by atoms with Crippen molar-refractivity contribution in [3.05, 3.63) is 30.5 Å². The van der Waals surface area contributed by atoms with Crippen molar-refractivity contribution < 1.29 is 0 Å². The molecule has 0 spiro atoms. The van der Waals surface area contributed by atoms with Gasteiger partial charge >= 0.3 is 0 Å². The van der Waals surface area contributed by atoms with Crippen LogP contribution >= 0.6 is 0 Å². The second-order valence-corrected chi connectivity index (χ2v) is 5.62. The zero-order valence-electron chi connectivity index (χ0n) is 10.9. The van der Waals surface area contributed by atoms with Crippen LogP contribution < -0.4 is 10.2 Å². The van der Waals surface area contributed by atoms with Crippen molar-refractivity contribution in [2.75, 3.05) is 24.5 Å². The summed E-state index contributed by atoms with van der Waals surface area (Å²) in [6.07, 6.45) is 4.49. The predicted molar refractivity (Wildman–Crippen MR) is 76.3 cm³/mol. The van der Waals surface area contributed by atoms with Crippen LogP contribution in [0.25, 0.3) is 10.8 Å². The molecule has 0 unspecified atom stereocenters. The number of rotatable bonds is 1. The van der Waals surface area contributed by atoms with E-state index in [2.05, 4.69) is 44.7 Å². The van der Waals surface area contributed by atoms with E-state index in [1.165, 1.54) is 23.6 Å². The maximum Gasteiger partial charge on any atom is 0.159 e. The number of hydrogen-bond acceptors (Lipinski definition) is 4. The molecular formula is C15H18N4. The van der Waals surface area contributed by atoms with Crippen LogP contribution in [0.5, 0.6) is 0 Å². The summed E-state index contributed by atoms with van der Waals surface area (Å²) < 4.78 is 0. The molecule has 2 atom stereocenters. The SMILES string of the molecule is c1ccc2c(N3C[C@@H]4CCCN[C@@H]4C3)nncc2c1. The van der Waals surface area contributed by atoms with Gasteiger partial charge < -0.3 is 10.2 Å². The second kappa shape index (κ2) is 4.46. The molecule has 0 aliphatic carbocycles. The average Bonchev–Trinajstić information content (AvgIpc) is 2.90. The maximum atomic E-state index is 4.39. The fourth-order valence-corrected chi connectivity index (χ4v) is 3.47. The molecule has 1 N–H and O–H groups in total. The first-order valence-electron chi connectivity index (χ1n) is 7.10. The minimum absolute atomic E-state index is 0.634. The molecular weight excluding hydrogens is 236 g/mol. The lowest BCUT2D eigenvalue weighted by Crippen LogP contribution is -2.40. The monoisotopic (exact) mass is 254 g/mol. The molecule has 0 bridgehead atoms. The van der Waals surface area contributed by atoms with Crippen molar-refractivity contribution >= 4 is 16.6 Å². The van der Waals surface area contributed by atoms with Gasteiger partial charge in [-0.25, -0.2) is 0 Å². The Labute approximate surface area is 112 Å². The normalized spacial score (nSPS) is 26.6. The summed E-state index contributed by atoms with van der Waals surface area (Å²) >= 11 is 0. The number of nitrogens with one attached hydrogen (secondary N) is 1. The van der Waals surface area contributed by atoms with Gasteiger partial charge in [0.1, 0.15) is 0 Å². The number of hydrogen-bond donors (Lipinski definition) is 1. The van der Waals surface area contributed by atoms with E-state index in [0.717, 1.165) is 31.4 Å². The van der Waals surface area contributed by atoms with E-state index in [4.69, 9.17) is 0 Å². The molecule has 4 nitrogen and oxygen atoms in total. The first-order chi connectivity index (χ1) is 9.42. The van der Waals surface area contributed by atoms with E-state index in [0.29, 0.717) is 6.04 Å². The standard InChI is InChI=1S/C15H18N4/c1-2-6-13-11(4-1)8-17-18-15(13)19-9-12-5-3-7-16-14(12)10-19/h1-2,4,6,8,12,14,16H,3,5,7,9-10H2/t12-,14+/m0/s1. The smallest absolute Gasteiger partial charge is 0.159 e. The van der Waals surface area contributed by atoms with Gasteiger partial charge in [-0.1, -0.05) is 24.3 Å². The lowest BCUT2D eigenvalue weighted by molar-refractivity contribution is 0.340. The van der Waals surface area contributed by atoms with E-state index >= 15 is 0 Å². The Kier molecular flexibility index (Phi) is 2.62. The third kappa shape index (κ3) is 1.87. The van der Waals surface area contributed by atoms with Crippen LogP contribution in [0.1, 0.15) is 12.8 Å².